The highest BCUT2D eigenvalue weighted by Crippen LogP contribution is 2.23. The van der Waals surface area contributed by atoms with Crippen LogP contribution in [-0.2, 0) is 11.2 Å². The lowest BCUT2D eigenvalue weighted by Gasteiger charge is -2.41. The monoisotopic (exact) mass is 288 g/mol. The zero-order valence-corrected chi connectivity index (χ0v) is 13.1. The Hall–Kier alpha value is -0.900. The number of rotatable bonds is 4. The Labute approximate surface area is 128 Å². The van der Waals surface area contributed by atoms with E-state index < -0.39 is 0 Å². The lowest BCUT2D eigenvalue weighted by molar-refractivity contribution is 0.0227. The Morgan fingerprint density at radius 3 is 2.76 bits per heavy atom. The average molecular weight is 288 g/mol. The van der Waals surface area contributed by atoms with E-state index in [0.717, 1.165) is 32.1 Å². The van der Waals surface area contributed by atoms with Gasteiger partial charge in [0.25, 0.3) is 0 Å². The summed E-state index contributed by atoms with van der Waals surface area (Å²) in [7, 11) is 0. The van der Waals surface area contributed by atoms with Gasteiger partial charge in [-0.15, -0.1) is 0 Å². The summed E-state index contributed by atoms with van der Waals surface area (Å²) in [5.74, 6) is 0.814. The van der Waals surface area contributed by atoms with Crippen LogP contribution in [0.3, 0.4) is 0 Å². The van der Waals surface area contributed by atoms with Crippen LogP contribution in [0.2, 0.25) is 0 Å². The number of piperazine rings is 1. The third-order valence-electron chi connectivity index (χ3n) is 5.14. The first-order valence-electron chi connectivity index (χ1n) is 8.42. The van der Waals surface area contributed by atoms with Crippen LogP contribution in [-0.4, -0.2) is 49.8 Å². The van der Waals surface area contributed by atoms with E-state index in [4.69, 9.17) is 4.74 Å². The van der Waals surface area contributed by atoms with Gasteiger partial charge in [-0.25, -0.2) is 0 Å². The van der Waals surface area contributed by atoms with Crippen LogP contribution in [0.5, 0.6) is 0 Å². The van der Waals surface area contributed by atoms with Crippen molar-refractivity contribution in [3.05, 3.63) is 35.9 Å². The first-order valence-corrected chi connectivity index (χ1v) is 8.42. The minimum absolute atomic E-state index is 0.587. The lowest BCUT2D eigenvalue weighted by Crippen LogP contribution is -2.55. The van der Waals surface area contributed by atoms with Crippen molar-refractivity contribution in [2.45, 2.75) is 38.3 Å². The predicted molar refractivity (Wildman–Crippen MR) is 86.5 cm³/mol. The fourth-order valence-electron chi connectivity index (χ4n) is 3.75. The standard InChI is InChI=1S/C18H28N2O/c1-15(17-7-11-21-12-8-17)20-10-9-19-18(14-20)13-16-5-3-2-4-6-16/h2-6,15,17-19H,7-14H2,1H3. The molecule has 0 spiro atoms. The smallest absolute Gasteiger partial charge is 0.0469 e. The molecule has 2 aliphatic rings. The summed E-state index contributed by atoms with van der Waals surface area (Å²) in [4.78, 5) is 2.69. The summed E-state index contributed by atoms with van der Waals surface area (Å²) in [6.07, 6.45) is 3.60. The van der Waals surface area contributed by atoms with Crippen LogP contribution >= 0.6 is 0 Å². The van der Waals surface area contributed by atoms with Crippen molar-refractivity contribution >= 4 is 0 Å². The van der Waals surface area contributed by atoms with Gasteiger partial charge in [0.1, 0.15) is 0 Å². The SMILES string of the molecule is CC(C1CCOCC1)N1CCNC(Cc2ccccc2)C1. The van der Waals surface area contributed by atoms with Crippen LogP contribution in [0.1, 0.15) is 25.3 Å². The molecule has 21 heavy (non-hydrogen) atoms. The van der Waals surface area contributed by atoms with Crippen LogP contribution in [0.25, 0.3) is 0 Å². The Balaban J connectivity index is 1.55. The highest BCUT2D eigenvalue weighted by Gasteiger charge is 2.29. The number of nitrogens with one attached hydrogen (secondary N) is 1. The summed E-state index contributed by atoms with van der Waals surface area (Å²) in [6.45, 7) is 7.80. The Kier molecular flexibility index (Phi) is 5.28. The molecule has 1 aromatic rings. The molecule has 116 valence electrons. The van der Waals surface area contributed by atoms with Gasteiger partial charge in [-0.1, -0.05) is 30.3 Å². The van der Waals surface area contributed by atoms with Crippen molar-refractivity contribution in [3.63, 3.8) is 0 Å². The van der Waals surface area contributed by atoms with Gasteiger partial charge in [0.2, 0.25) is 0 Å². The molecular formula is C18H28N2O. The number of hydrogen-bond acceptors (Lipinski definition) is 3. The van der Waals surface area contributed by atoms with Gasteiger partial charge in [0.05, 0.1) is 0 Å². The highest BCUT2D eigenvalue weighted by molar-refractivity contribution is 5.16. The molecule has 2 unspecified atom stereocenters. The van der Waals surface area contributed by atoms with Crippen LogP contribution in [0, 0.1) is 5.92 Å². The first kappa shape index (κ1) is 15.0. The van der Waals surface area contributed by atoms with Crippen molar-refractivity contribution in [2.75, 3.05) is 32.8 Å². The third kappa shape index (κ3) is 4.06. The first-order chi connectivity index (χ1) is 10.3. The Bertz CT molecular complexity index is 416. The Morgan fingerprint density at radius 2 is 2.00 bits per heavy atom. The normalized spacial score (nSPS) is 26.6. The summed E-state index contributed by atoms with van der Waals surface area (Å²) in [5.41, 5.74) is 1.44. The average Bonchev–Trinajstić information content (AvgIpc) is 2.56. The molecule has 3 rings (SSSR count). The van der Waals surface area contributed by atoms with Gasteiger partial charge < -0.3 is 10.1 Å². The Morgan fingerprint density at radius 1 is 1.24 bits per heavy atom. The minimum atomic E-state index is 0.587. The minimum Gasteiger partial charge on any atom is -0.381 e. The summed E-state index contributed by atoms with van der Waals surface area (Å²) >= 11 is 0. The van der Waals surface area contributed by atoms with E-state index in [9.17, 15) is 0 Å². The molecule has 0 bridgehead atoms. The van der Waals surface area contributed by atoms with Crippen LogP contribution in [0.15, 0.2) is 30.3 Å². The second-order valence-electron chi connectivity index (χ2n) is 6.53. The number of ether oxygens (including phenoxy) is 1. The van der Waals surface area contributed by atoms with Gasteiger partial charge in [-0.2, -0.15) is 0 Å². The highest BCUT2D eigenvalue weighted by atomic mass is 16.5. The molecule has 1 N–H and O–H groups in total. The van der Waals surface area contributed by atoms with E-state index in [1.807, 2.05) is 0 Å². The van der Waals surface area contributed by atoms with Crippen molar-refractivity contribution in [1.82, 2.24) is 10.2 Å². The quantitative estimate of drug-likeness (QED) is 0.920. The van der Waals surface area contributed by atoms with E-state index >= 15 is 0 Å². The molecule has 2 atom stereocenters. The van der Waals surface area contributed by atoms with Gasteiger partial charge in [0.15, 0.2) is 0 Å². The fraction of sp³-hybridized carbons (Fsp3) is 0.667. The predicted octanol–water partition coefficient (Wildman–Crippen LogP) is 2.32. The van der Waals surface area contributed by atoms with Crippen molar-refractivity contribution < 1.29 is 4.74 Å². The molecule has 2 aliphatic heterocycles. The second-order valence-corrected chi connectivity index (χ2v) is 6.53. The fourth-order valence-corrected chi connectivity index (χ4v) is 3.75. The van der Waals surface area contributed by atoms with Crippen LogP contribution < -0.4 is 5.32 Å². The van der Waals surface area contributed by atoms with Gasteiger partial charge >= 0.3 is 0 Å². The molecule has 0 radical (unpaired) electrons. The maximum absolute atomic E-state index is 5.51. The van der Waals surface area contributed by atoms with Crippen molar-refractivity contribution in [2.24, 2.45) is 5.92 Å². The molecule has 3 nitrogen and oxygen atoms in total. The van der Waals surface area contributed by atoms with Crippen molar-refractivity contribution in [1.29, 1.82) is 0 Å². The van der Waals surface area contributed by atoms with E-state index in [1.54, 1.807) is 0 Å². The zero-order valence-electron chi connectivity index (χ0n) is 13.1. The molecule has 2 fully saturated rings. The van der Waals surface area contributed by atoms with E-state index in [0.29, 0.717) is 12.1 Å². The number of nitrogens with zero attached hydrogens (tertiary/aromatic N) is 1. The van der Waals surface area contributed by atoms with Gasteiger partial charge in [0, 0.05) is 44.9 Å². The largest absolute Gasteiger partial charge is 0.381 e. The molecule has 1 aromatic carbocycles. The molecular weight excluding hydrogens is 260 g/mol. The summed E-state index contributed by atoms with van der Waals surface area (Å²) in [6, 6.07) is 12.1. The maximum Gasteiger partial charge on any atom is 0.0469 e. The van der Waals surface area contributed by atoms with E-state index in [1.165, 1.54) is 31.5 Å². The van der Waals surface area contributed by atoms with Crippen LogP contribution in [0.4, 0.5) is 0 Å². The molecule has 2 heterocycles. The van der Waals surface area contributed by atoms with Gasteiger partial charge in [-0.3, -0.25) is 4.90 Å². The van der Waals surface area contributed by atoms with E-state index in [-0.39, 0.29) is 0 Å². The summed E-state index contributed by atoms with van der Waals surface area (Å²) < 4.78 is 5.51. The van der Waals surface area contributed by atoms with Gasteiger partial charge in [-0.05, 0) is 37.7 Å². The molecule has 2 saturated heterocycles. The topological polar surface area (TPSA) is 24.5 Å². The summed E-state index contributed by atoms with van der Waals surface area (Å²) in [5, 5.41) is 3.69. The number of benzene rings is 1. The second kappa shape index (κ2) is 7.39. The third-order valence-corrected chi connectivity index (χ3v) is 5.14. The molecule has 0 aromatic heterocycles. The molecule has 0 amide bonds. The molecule has 0 saturated carbocycles. The lowest BCUT2D eigenvalue weighted by atomic mass is 9.90. The molecule has 3 heteroatoms. The zero-order chi connectivity index (χ0) is 14.5. The van der Waals surface area contributed by atoms with E-state index in [2.05, 4.69) is 47.5 Å². The maximum atomic E-state index is 5.51. The molecule has 0 aliphatic carbocycles. The number of hydrogen-bond donors (Lipinski definition) is 1. The van der Waals surface area contributed by atoms with Crippen molar-refractivity contribution in [3.8, 4) is 0 Å².